The van der Waals surface area contributed by atoms with Gasteiger partial charge in [0.2, 0.25) is 0 Å². The monoisotopic (exact) mass is 405 g/mol. The van der Waals surface area contributed by atoms with E-state index in [-0.39, 0.29) is 12.1 Å². The van der Waals surface area contributed by atoms with Crippen molar-refractivity contribution >= 4 is 17.9 Å². The maximum Gasteiger partial charge on any atom is 0.410 e. The predicted molar refractivity (Wildman–Crippen MR) is 114 cm³/mol. The topological polar surface area (TPSA) is 79.9 Å². The number of likely N-dealkylation sites (tertiary alicyclic amines) is 1. The van der Waals surface area contributed by atoms with Gasteiger partial charge in [-0.15, -0.1) is 0 Å². The van der Waals surface area contributed by atoms with Gasteiger partial charge in [0.15, 0.2) is 0 Å². The number of anilines is 1. The first-order valence-electron chi connectivity index (χ1n) is 10.2. The number of carbonyl (C=O) groups excluding carboxylic acids is 2. The molecule has 0 aliphatic carbocycles. The molecule has 0 atom stereocenters. The van der Waals surface area contributed by atoms with E-state index in [1.54, 1.807) is 4.90 Å². The van der Waals surface area contributed by atoms with E-state index >= 15 is 0 Å². The molecule has 0 radical (unpaired) electrons. The second-order valence-corrected chi connectivity index (χ2v) is 9.40. The summed E-state index contributed by atoms with van der Waals surface area (Å²) in [5.74, 6) is 0. The molecule has 0 aromatic heterocycles. The lowest BCUT2D eigenvalue weighted by molar-refractivity contribution is 0.0210. The summed E-state index contributed by atoms with van der Waals surface area (Å²) in [5.41, 5.74) is 0.975. The number of para-hydroxylation sites is 1. The lowest BCUT2D eigenvalue weighted by Crippen LogP contribution is -2.44. The van der Waals surface area contributed by atoms with Gasteiger partial charge in [-0.1, -0.05) is 18.2 Å². The molecule has 0 spiro atoms. The third-order valence-corrected chi connectivity index (χ3v) is 4.35. The van der Waals surface area contributed by atoms with Crippen molar-refractivity contribution < 1.29 is 19.1 Å². The summed E-state index contributed by atoms with van der Waals surface area (Å²) in [6, 6.07) is 8.16. The van der Waals surface area contributed by atoms with Gasteiger partial charge < -0.3 is 25.0 Å². The lowest BCUT2D eigenvalue weighted by Gasteiger charge is -2.34. The largest absolute Gasteiger partial charge is 0.444 e. The number of benzene rings is 1. The molecule has 1 saturated heterocycles. The van der Waals surface area contributed by atoms with Crippen molar-refractivity contribution in [3.05, 3.63) is 29.8 Å². The number of hydrogen-bond donors (Lipinski definition) is 2. The van der Waals surface area contributed by atoms with E-state index in [0.29, 0.717) is 19.6 Å². The SMILES string of the molecule is CC(C)(C)OC(=O)NCc1ccccc1NC1CCN(C(=O)OC(C)(C)C)CC1. The van der Waals surface area contributed by atoms with Crippen molar-refractivity contribution in [2.24, 2.45) is 0 Å². The molecule has 162 valence electrons. The number of ether oxygens (including phenoxy) is 2. The molecule has 0 saturated carbocycles. The van der Waals surface area contributed by atoms with Gasteiger partial charge in [0.05, 0.1) is 0 Å². The molecular formula is C22H35N3O4. The van der Waals surface area contributed by atoms with Crippen LogP contribution in [-0.4, -0.2) is 47.4 Å². The zero-order chi connectivity index (χ0) is 21.7. The van der Waals surface area contributed by atoms with Crippen LogP contribution in [0.3, 0.4) is 0 Å². The second kappa shape index (κ2) is 9.37. The third kappa shape index (κ3) is 8.21. The number of nitrogens with zero attached hydrogens (tertiary/aromatic N) is 1. The lowest BCUT2D eigenvalue weighted by atomic mass is 10.0. The van der Waals surface area contributed by atoms with Crippen LogP contribution in [0.1, 0.15) is 59.9 Å². The standard InChI is InChI=1S/C22H35N3O4/c1-21(2,3)28-19(26)23-15-16-9-7-8-10-18(16)24-17-11-13-25(14-12-17)20(27)29-22(4,5)6/h7-10,17,24H,11-15H2,1-6H3,(H,23,26). The average Bonchev–Trinajstić information content (AvgIpc) is 2.58. The van der Waals surface area contributed by atoms with Crippen LogP contribution in [0.25, 0.3) is 0 Å². The number of amides is 2. The van der Waals surface area contributed by atoms with Gasteiger partial charge in [-0.3, -0.25) is 0 Å². The second-order valence-electron chi connectivity index (χ2n) is 9.40. The maximum absolute atomic E-state index is 12.2. The summed E-state index contributed by atoms with van der Waals surface area (Å²) >= 11 is 0. The molecule has 7 nitrogen and oxygen atoms in total. The van der Waals surface area contributed by atoms with Crippen molar-refractivity contribution in [1.29, 1.82) is 0 Å². The molecule has 29 heavy (non-hydrogen) atoms. The zero-order valence-corrected chi connectivity index (χ0v) is 18.5. The molecule has 1 aliphatic heterocycles. The Morgan fingerprint density at radius 1 is 1.00 bits per heavy atom. The number of carbonyl (C=O) groups is 2. The van der Waals surface area contributed by atoms with Crippen molar-refractivity contribution in [3.63, 3.8) is 0 Å². The molecule has 1 fully saturated rings. The Bertz CT molecular complexity index is 699. The average molecular weight is 406 g/mol. The van der Waals surface area contributed by atoms with Crippen molar-refractivity contribution in [1.82, 2.24) is 10.2 Å². The molecular weight excluding hydrogens is 370 g/mol. The van der Waals surface area contributed by atoms with Gasteiger partial charge in [0.1, 0.15) is 11.2 Å². The number of hydrogen-bond acceptors (Lipinski definition) is 5. The smallest absolute Gasteiger partial charge is 0.410 e. The first kappa shape index (κ1) is 22.8. The normalized spacial score (nSPS) is 15.6. The van der Waals surface area contributed by atoms with Crippen LogP contribution in [0.4, 0.5) is 15.3 Å². The van der Waals surface area contributed by atoms with Crippen LogP contribution in [0.15, 0.2) is 24.3 Å². The molecule has 1 aromatic carbocycles. The van der Waals surface area contributed by atoms with E-state index in [2.05, 4.69) is 10.6 Å². The van der Waals surface area contributed by atoms with Crippen molar-refractivity contribution in [2.45, 2.75) is 78.2 Å². The maximum atomic E-state index is 12.2. The van der Waals surface area contributed by atoms with E-state index in [4.69, 9.17) is 9.47 Å². The fourth-order valence-corrected chi connectivity index (χ4v) is 3.05. The minimum atomic E-state index is -0.524. The Labute approximate surface area is 174 Å². The summed E-state index contributed by atoms with van der Waals surface area (Å²) in [5, 5.41) is 6.36. The van der Waals surface area contributed by atoms with Gasteiger partial charge in [-0.25, -0.2) is 9.59 Å². The first-order chi connectivity index (χ1) is 13.4. The highest BCUT2D eigenvalue weighted by molar-refractivity contribution is 5.69. The highest BCUT2D eigenvalue weighted by atomic mass is 16.6. The van der Waals surface area contributed by atoms with Crippen LogP contribution in [0.5, 0.6) is 0 Å². The molecule has 0 unspecified atom stereocenters. The molecule has 1 aromatic rings. The Balaban J connectivity index is 1.87. The van der Waals surface area contributed by atoms with Gasteiger partial charge in [0.25, 0.3) is 0 Å². The molecule has 2 rings (SSSR count). The molecule has 0 bridgehead atoms. The zero-order valence-electron chi connectivity index (χ0n) is 18.5. The van der Waals surface area contributed by atoms with Gasteiger partial charge >= 0.3 is 12.2 Å². The first-order valence-corrected chi connectivity index (χ1v) is 10.2. The Kier molecular flexibility index (Phi) is 7.38. The Morgan fingerprint density at radius 3 is 2.17 bits per heavy atom. The van der Waals surface area contributed by atoms with Gasteiger partial charge in [-0.2, -0.15) is 0 Å². The summed E-state index contributed by atoms with van der Waals surface area (Å²) in [7, 11) is 0. The highest BCUT2D eigenvalue weighted by Gasteiger charge is 2.27. The van der Waals surface area contributed by atoms with Gasteiger partial charge in [-0.05, 0) is 66.0 Å². The van der Waals surface area contributed by atoms with Crippen LogP contribution in [-0.2, 0) is 16.0 Å². The van der Waals surface area contributed by atoms with Crippen LogP contribution >= 0.6 is 0 Å². The van der Waals surface area contributed by atoms with E-state index in [0.717, 1.165) is 24.1 Å². The van der Waals surface area contributed by atoms with Crippen molar-refractivity contribution in [3.8, 4) is 0 Å². The fraction of sp³-hybridized carbons (Fsp3) is 0.636. The predicted octanol–water partition coefficient (Wildman–Crippen LogP) is 4.52. The van der Waals surface area contributed by atoms with Crippen LogP contribution in [0.2, 0.25) is 0 Å². The quantitative estimate of drug-likeness (QED) is 0.770. The Morgan fingerprint density at radius 2 is 1.59 bits per heavy atom. The van der Waals surface area contributed by atoms with Gasteiger partial charge in [0, 0.05) is 31.4 Å². The van der Waals surface area contributed by atoms with Crippen LogP contribution in [0, 0.1) is 0 Å². The number of alkyl carbamates (subject to hydrolysis) is 1. The summed E-state index contributed by atoms with van der Waals surface area (Å²) in [4.78, 5) is 25.9. The summed E-state index contributed by atoms with van der Waals surface area (Å²) in [6.45, 7) is 12.8. The fourth-order valence-electron chi connectivity index (χ4n) is 3.05. The van der Waals surface area contributed by atoms with E-state index < -0.39 is 17.3 Å². The third-order valence-electron chi connectivity index (χ3n) is 4.35. The van der Waals surface area contributed by atoms with E-state index in [1.165, 1.54) is 0 Å². The summed E-state index contributed by atoms with van der Waals surface area (Å²) < 4.78 is 10.8. The van der Waals surface area contributed by atoms with Crippen LogP contribution < -0.4 is 10.6 Å². The molecule has 2 amide bonds. The van der Waals surface area contributed by atoms with E-state index in [1.807, 2.05) is 65.8 Å². The Hall–Kier alpha value is -2.44. The number of nitrogens with one attached hydrogen (secondary N) is 2. The molecule has 7 heteroatoms. The number of rotatable bonds is 4. The highest BCUT2D eigenvalue weighted by Crippen LogP contribution is 2.22. The van der Waals surface area contributed by atoms with E-state index in [9.17, 15) is 9.59 Å². The number of piperidine rings is 1. The minimum absolute atomic E-state index is 0.252. The summed E-state index contributed by atoms with van der Waals surface area (Å²) in [6.07, 6.45) is 0.996. The molecule has 1 heterocycles. The molecule has 1 aliphatic rings. The molecule has 2 N–H and O–H groups in total. The van der Waals surface area contributed by atoms with Crippen molar-refractivity contribution in [2.75, 3.05) is 18.4 Å². The minimum Gasteiger partial charge on any atom is -0.444 e.